The molecule has 2 aromatic carbocycles. The average molecular weight is 296 g/mol. The first-order valence-electron chi connectivity index (χ1n) is 6.96. The van der Waals surface area contributed by atoms with Gasteiger partial charge in [-0.25, -0.2) is 0 Å². The van der Waals surface area contributed by atoms with Crippen LogP contribution in [0.1, 0.15) is 23.7 Å². The van der Waals surface area contributed by atoms with E-state index in [1.807, 2.05) is 48.5 Å². The summed E-state index contributed by atoms with van der Waals surface area (Å²) in [7, 11) is 1.59. The predicted octanol–water partition coefficient (Wildman–Crippen LogP) is 3.39. The van der Waals surface area contributed by atoms with E-state index in [-0.39, 0.29) is 6.10 Å². The fourth-order valence-electron chi connectivity index (χ4n) is 2.42. The molecule has 5 nitrogen and oxygen atoms in total. The van der Waals surface area contributed by atoms with Crippen molar-refractivity contribution in [2.45, 2.75) is 12.5 Å². The van der Waals surface area contributed by atoms with E-state index < -0.39 is 0 Å². The fraction of sp³-hybridized carbons (Fsp3) is 0.176. The minimum absolute atomic E-state index is 0.154. The minimum atomic E-state index is -0.154. The second kappa shape index (κ2) is 6.30. The zero-order valence-corrected chi connectivity index (χ0v) is 12.1. The second-order valence-corrected chi connectivity index (χ2v) is 4.93. The summed E-state index contributed by atoms with van der Waals surface area (Å²) in [6, 6.07) is 17.2. The Morgan fingerprint density at radius 1 is 1.23 bits per heavy atom. The third kappa shape index (κ3) is 2.79. The molecule has 5 heteroatoms. The summed E-state index contributed by atoms with van der Waals surface area (Å²) in [4.78, 5) is 5.48. The van der Waals surface area contributed by atoms with Crippen molar-refractivity contribution in [3.8, 4) is 5.75 Å². The number of ether oxygens (including phenoxy) is 1. The van der Waals surface area contributed by atoms with Crippen molar-refractivity contribution in [1.29, 1.82) is 0 Å². The molecule has 1 atom stereocenters. The van der Waals surface area contributed by atoms with E-state index in [4.69, 9.17) is 9.57 Å². The molecule has 22 heavy (non-hydrogen) atoms. The van der Waals surface area contributed by atoms with E-state index in [1.54, 1.807) is 13.2 Å². The number of benzene rings is 2. The maximum atomic E-state index is 9.37. The number of hydrogen-bond donors (Lipinski definition) is 1. The summed E-state index contributed by atoms with van der Waals surface area (Å²) in [5.74, 6) is 0.692. The Hall–Kier alpha value is -2.82. The van der Waals surface area contributed by atoms with Gasteiger partial charge in [0.1, 0.15) is 17.2 Å². The van der Waals surface area contributed by atoms with Gasteiger partial charge in [-0.3, -0.25) is 0 Å². The van der Waals surface area contributed by atoms with Crippen LogP contribution >= 0.6 is 0 Å². The van der Waals surface area contributed by atoms with E-state index in [2.05, 4.69) is 10.3 Å². The lowest BCUT2D eigenvalue weighted by Crippen LogP contribution is -2.15. The first-order chi connectivity index (χ1) is 10.8. The standard InChI is InChI=1S/C17H16N2O3/c1-21-14-9-5-8-13(10-14)17(18-20)15-11-16(22-19-15)12-6-3-2-4-7-12/h2-10,16,20H,11H2,1H3/b18-17-. The van der Waals surface area contributed by atoms with Crippen molar-refractivity contribution in [1.82, 2.24) is 0 Å². The van der Waals surface area contributed by atoms with Gasteiger partial charge in [0, 0.05) is 12.0 Å². The van der Waals surface area contributed by atoms with E-state index in [0.717, 1.165) is 11.1 Å². The number of methoxy groups -OCH3 is 1. The zero-order valence-electron chi connectivity index (χ0n) is 12.1. The first kappa shape index (κ1) is 14.1. The number of oxime groups is 2. The van der Waals surface area contributed by atoms with E-state index >= 15 is 0 Å². The highest BCUT2D eigenvalue weighted by molar-refractivity contribution is 6.48. The van der Waals surface area contributed by atoms with Crippen LogP contribution in [0.2, 0.25) is 0 Å². The molecule has 0 aliphatic carbocycles. The molecule has 0 bridgehead atoms. The normalized spacial score (nSPS) is 17.8. The highest BCUT2D eigenvalue weighted by atomic mass is 16.6. The first-order valence-corrected chi connectivity index (χ1v) is 6.96. The van der Waals surface area contributed by atoms with Gasteiger partial charge in [-0.1, -0.05) is 52.8 Å². The van der Waals surface area contributed by atoms with Gasteiger partial charge in [0.2, 0.25) is 0 Å². The summed E-state index contributed by atoms with van der Waals surface area (Å²) in [5.41, 5.74) is 2.80. The Morgan fingerprint density at radius 3 is 2.77 bits per heavy atom. The van der Waals surface area contributed by atoms with Gasteiger partial charge in [0.05, 0.1) is 7.11 Å². The van der Waals surface area contributed by atoms with Gasteiger partial charge in [0.15, 0.2) is 6.10 Å². The molecule has 1 aliphatic heterocycles. The van der Waals surface area contributed by atoms with Crippen LogP contribution in [0.15, 0.2) is 64.9 Å². The molecular formula is C17H16N2O3. The number of hydrogen-bond acceptors (Lipinski definition) is 5. The van der Waals surface area contributed by atoms with Gasteiger partial charge in [-0.15, -0.1) is 0 Å². The largest absolute Gasteiger partial charge is 0.497 e. The third-order valence-electron chi connectivity index (χ3n) is 3.56. The molecule has 0 radical (unpaired) electrons. The van der Waals surface area contributed by atoms with E-state index in [9.17, 15) is 5.21 Å². The Kier molecular flexibility index (Phi) is 4.05. The Bertz CT molecular complexity index is 711. The van der Waals surface area contributed by atoms with Crippen molar-refractivity contribution in [3.05, 3.63) is 65.7 Å². The SMILES string of the molecule is COc1cccc(/C(=N/O)C2=NOC(c3ccccc3)C2)c1. The van der Waals surface area contributed by atoms with Crippen molar-refractivity contribution >= 4 is 11.4 Å². The highest BCUT2D eigenvalue weighted by Crippen LogP contribution is 2.28. The molecule has 0 fully saturated rings. The van der Waals surface area contributed by atoms with Gasteiger partial charge in [-0.05, 0) is 17.7 Å². The lowest BCUT2D eigenvalue weighted by molar-refractivity contribution is 0.0857. The lowest BCUT2D eigenvalue weighted by atomic mass is 9.98. The quantitative estimate of drug-likeness (QED) is 0.534. The van der Waals surface area contributed by atoms with Crippen molar-refractivity contribution < 1.29 is 14.8 Å². The topological polar surface area (TPSA) is 63.4 Å². The molecular weight excluding hydrogens is 280 g/mol. The van der Waals surface area contributed by atoms with Crippen molar-refractivity contribution in [3.63, 3.8) is 0 Å². The van der Waals surface area contributed by atoms with Crippen molar-refractivity contribution in [2.24, 2.45) is 10.3 Å². The Balaban J connectivity index is 1.81. The summed E-state index contributed by atoms with van der Waals surface area (Å²) >= 11 is 0. The summed E-state index contributed by atoms with van der Waals surface area (Å²) < 4.78 is 5.19. The maximum Gasteiger partial charge on any atom is 0.158 e. The third-order valence-corrected chi connectivity index (χ3v) is 3.56. The molecule has 0 saturated heterocycles. The lowest BCUT2D eigenvalue weighted by Gasteiger charge is -2.08. The van der Waals surface area contributed by atoms with Crippen LogP contribution in [0.25, 0.3) is 0 Å². The molecule has 0 spiro atoms. The molecule has 0 saturated carbocycles. The molecule has 0 amide bonds. The summed E-state index contributed by atoms with van der Waals surface area (Å²) in [6.07, 6.45) is 0.402. The van der Waals surface area contributed by atoms with Crippen LogP contribution in [0.3, 0.4) is 0 Å². The fourth-order valence-corrected chi connectivity index (χ4v) is 2.42. The average Bonchev–Trinajstić information content (AvgIpc) is 3.06. The monoisotopic (exact) mass is 296 g/mol. The van der Waals surface area contributed by atoms with Crippen LogP contribution in [-0.4, -0.2) is 23.7 Å². The molecule has 1 N–H and O–H groups in total. The minimum Gasteiger partial charge on any atom is -0.497 e. The van der Waals surface area contributed by atoms with E-state index in [0.29, 0.717) is 23.6 Å². The van der Waals surface area contributed by atoms with Gasteiger partial charge in [0.25, 0.3) is 0 Å². The smallest absolute Gasteiger partial charge is 0.158 e. The predicted molar refractivity (Wildman–Crippen MR) is 83.6 cm³/mol. The van der Waals surface area contributed by atoms with Crippen LogP contribution in [0.5, 0.6) is 5.75 Å². The van der Waals surface area contributed by atoms with Crippen molar-refractivity contribution in [2.75, 3.05) is 7.11 Å². The summed E-state index contributed by atoms with van der Waals surface area (Å²) in [6.45, 7) is 0. The zero-order chi connectivity index (χ0) is 15.4. The molecule has 3 rings (SSSR count). The van der Waals surface area contributed by atoms with E-state index in [1.165, 1.54) is 0 Å². The molecule has 2 aromatic rings. The molecule has 1 unspecified atom stereocenters. The van der Waals surface area contributed by atoms with Crippen LogP contribution < -0.4 is 4.74 Å². The molecule has 0 aromatic heterocycles. The number of rotatable bonds is 4. The Labute approximate surface area is 128 Å². The second-order valence-electron chi connectivity index (χ2n) is 4.93. The van der Waals surface area contributed by atoms with Gasteiger partial charge >= 0.3 is 0 Å². The maximum absolute atomic E-state index is 9.37. The highest BCUT2D eigenvalue weighted by Gasteiger charge is 2.27. The molecule has 112 valence electrons. The molecule has 1 aliphatic rings. The van der Waals surface area contributed by atoms with Crippen LogP contribution in [0.4, 0.5) is 0 Å². The summed E-state index contributed by atoms with van der Waals surface area (Å²) in [5, 5.41) is 16.8. The number of nitrogens with zero attached hydrogens (tertiary/aromatic N) is 2. The van der Waals surface area contributed by atoms with Gasteiger partial charge in [-0.2, -0.15) is 0 Å². The van der Waals surface area contributed by atoms with Crippen LogP contribution in [-0.2, 0) is 4.84 Å². The molecule has 1 heterocycles. The van der Waals surface area contributed by atoms with Gasteiger partial charge < -0.3 is 14.8 Å². The Morgan fingerprint density at radius 2 is 2.05 bits per heavy atom. The van der Waals surface area contributed by atoms with Crippen LogP contribution in [0, 0.1) is 0 Å².